The number of aromatic nitrogens is 4. The number of imidazole rings is 1. The molecule has 2 aromatic heterocycles. The Kier molecular flexibility index (Phi) is 4.57. The van der Waals surface area contributed by atoms with Crippen molar-refractivity contribution in [2.75, 3.05) is 13.1 Å². The van der Waals surface area contributed by atoms with Crippen LogP contribution in [0.15, 0.2) is 35.8 Å². The first-order valence-electron chi connectivity index (χ1n) is 8.89. The van der Waals surface area contributed by atoms with Gasteiger partial charge in [0.1, 0.15) is 5.56 Å². The highest BCUT2D eigenvalue weighted by molar-refractivity contribution is 5.94. The summed E-state index contributed by atoms with van der Waals surface area (Å²) in [6.45, 7) is 1.39. The minimum atomic E-state index is -0.398. The van der Waals surface area contributed by atoms with Crippen molar-refractivity contribution in [3.05, 3.63) is 52.5 Å². The first kappa shape index (κ1) is 17.2. The molecule has 0 radical (unpaired) electrons. The zero-order valence-corrected chi connectivity index (χ0v) is 14.6. The molecule has 140 valence electrons. The van der Waals surface area contributed by atoms with Gasteiger partial charge in [-0.25, -0.2) is 4.98 Å². The Morgan fingerprint density at radius 3 is 2.67 bits per heavy atom. The molecule has 4 rings (SSSR count). The molecule has 2 amide bonds. The number of H-pyrrole nitrogens is 2. The van der Waals surface area contributed by atoms with Gasteiger partial charge in [-0.1, -0.05) is 0 Å². The summed E-state index contributed by atoms with van der Waals surface area (Å²) in [5.74, 6) is 0.355. The average Bonchev–Trinajstić information content (AvgIpc) is 3.36. The quantitative estimate of drug-likeness (QED) is 0.664. The van der Waals surface area contributed by atoms with Gasteiger partial charge in [-0.2, -0.15) is 5.10 Å². The lowest BCUT2D eigenvalue weighted by atomic mass is 10.0. The van der Waals surface area contributed by atoms with Gasteiger partial charge in [-0.05, 0) is 30.8 Å². The molecule has 27 heavy (non-hydrogen) atoms. The van der Waals surface area contributed by atoms with Gasteiger partial charge in [-0.15, -0.1) is 0 Å². The summed E-state index contributed by atoms with van der Waals surface area (Å²) in [7, 11) is 0. The average molecular weight is 368 g/mol. The van der Waals surface area contributed by atoms with E-state index in [0.29, 0.717) is 24.9 Å². The van der Waals surface area contributed by atoms with E-state index in [1.54, 1.807) is 24.7 Å². The predicted molar refractivity (Wildman–Crippen MR) is 96.5 cm³/mol. The van der Waals surface area contributed by atoms with Crippen LogP contribution in [0.2, 0.25) is 0 Å². The van der Waals surface area contributed by atoms with E-state index in [2.05, 4.69) is 25.5 Å². The summed E-state index contributed by atoms with van der Waals surface area (Å²) in [5.41, 5.74) is 0.463. The molecule has 1 aliphatic carbocycles. The number of likely N-dealkylation sites (tertiary alicyclic amines) is 1. The van der Waals surface area contributed by atoms with Gasteiger partial charge in [0.25, 0.3) is 5.91 Å². The molecule has 0 spiro atoms. The van der Waals surface area contributed by atoms with Gasteiger partial charge < -0.3 is 15.2 Å². The van der Waals surface area contributed by atoms with Crippen LogP contribution in [0.4, 0.5) is 0 Å². The monoisotopic (exact) mass is 368 g/mol. The van der Waals surface area contributed by atoms with E-state index >= 15 is 0 Å². The minimum absolute atomic E-state index is 0.0112. The molecule has 2 unspecified atom stereocenters. The third kappa shape index (κ3) is 3.67. The number of fused-ring (bicyclic) bond motifs is 1. The number of hydrogen-bond acceptors (Lipinski definition) is 5. The summed E-state index contributed by atoms with van der Waals surface area (Å²) < 4.78 is 0. The Balaban J connectivity index is 1.30. The lowest BCUT2D eigenvalue weighted by Crippen LogP contribution is -2.37. The summed E-state index contributed by atoms with van der Waals surface area (Å²) in [6, 6.07) is 0.0258. The predicted octanol–water partition coefficient (Wildman–Crippen LogP) is 0.173. The lowest BCUT2D eigenvalue weighted by molar-refractivity contribution is -0.125. The standard InChI is InChI=1S/C18H20N6O3/c25-16-7-22-21-6-15(16)18(27)23-14-3-11-8-24(9-12(11)4-14)17(26)2-1-13-5-19-10-20-13/h1-2,5-7,10-12,14H,3-4,8-9H2,(H,19,20)(H,21,25)(H,23,27)/b2-1+. The summed E-state index contributed by atoms with van der Waals surface area (Å²) in [5, 5.41) is 9.05. The number of carbonyl (C=O) groups excluding carboxylic acids is 2. The van der Waals surface area contributed by atoms with Crippen molar-refractivity contribution < 1.29 is 9.59 Å². The Morgan fingerprint density at radius 1 is 1.22 bits per heavy atom. The smallest absolute Gasteiger partial charge is 0.257 e. The van der Waals surface area contributed by atoms with Crippen LogP contribution in [0.3, 0.4) is 0 Å². The third-order valence-corrected chi connectivity index (χ3v) is 5.30. The molecule has 3 heterocycles. The second-order valence-electron chi connectivity index (χ2n) is 7.06. The first-order valence-corrected chi connectivity index (χ1v) is 8.89. The molecule has 2 fully saturated rings. The Labute approximate surface area is 154 Å². The van der Waals surface area contributed by atoms with Crippen LogP contribution in [0.1, 0.15) is 28.9 Å². The zero-order valence-electron chi connectivity index (χ0n) is 14.6. The maximum Gasteiger partial charge on any atom is 0.257 e. The van der Waals surface area contributed by atoms with E-state index in [1.165, 1.54) is 6.20 Å². The number of rotatable bonds is 4. The van der Waals surface area contributed by atoms with E-state index in [4.69, 9.17) is 0 Å². The van der Waals surface area contributed by atoms with Crippen molar-refractivity contribution >= 4 is 17.9 Å². The summed E-state index contributed by atoms with van der Waals surface area (Å²) in [6.07, 6.45) is 10.5. The number of nitrogens with one attached hydrogen (secondary N) is 3. The second kappa shape index (κ2) is 7.18. The van der Waals surface area contributed by atoms with Crippen molar-refractivity contribution in [3.63, 3.8) is 0 Å². The fourth-order valence-electron chi connectivity index (χ4n) is 4.00. The van der Waals surface area contributed by atoms with Crippen molar-refractivity contribution in [1.29, 1.82) is 0 Å². The number of nitrogens with zero attached hydrogens (tertiary/aromatic N) is 3. The van der Waals surface area contributed by atoms with E-state index in [1.807, 2.05) is 4.90 Å². The van der Waals surface area contributed by atoms with Crippen molar-refractivity contribution in [2.24, 2.45) is 11.8 Å². The van der Waals surface area contributed by atoms with Gasteiger partial charge >= 0.3 is 0 Å². The maximum absolute atomic E-state index is 12.3. The molecular formula is C18H20N6O3. The Bertz CT molecular complexity index is 905. The lowest BCUT2D eigenvalue weighted by Gasteiger charge is -2.18. The zero-order chi connectivity index (χ0) is 18.8. The molecule has 2 aromatic rings. The maximum atomic E-state index is 12.3. The fourth-order valence-corrected chi connectivity index (χ4v) is 4.00. The normalized spacial score (nSPS) is 24.3. The van der Waals surface area contributed by atoms with E-state index in [-0.39, 0.29) is 23.4 Å². The fraction of sp³-hybridized carbons (Fsp3) is 0.389. The summed E-state index contributed by atoms with van der Waals surface area (Å²) in [4.78, 5) is 45.0. The third-order valence-electron chi connectivity index (χ3n) is 5.30. The second-order valence-corrected chi connectivity index (χ2v) is 7.06. The van der Waals surface area contributed by atoms with Gasteiger partial charge in [0.2, 0.25) is 11.3 Å². The highest BCUT2D eigenvalue weighted by Crippen LogP contribution is 2.38. The molecule has 2 atom stereocenters. The highest BCUT2D eigenvalue weighted by Gasteiger charge is 2.42. The molecule has 0 bridgehead atoms. The topological polar surface area (TPSA) is 124 Å². The van der Waals surface area contributed by atoms with E-state index in [9.17, 15) is 14.4 Å². The molecule has 3 N–H and O–H groups in total. The van der Waals surface area contributed by atoms with Crippen LogP contribution in [-0.4, -0.2) is 56.0 Å². The Hall–Kier alpha value is -3.23. The van der Waals surface area contributed by atoms with Gasteiger partial charge in [-0.3, -0.25) is 19.5 Å². The number of aromatic amines is 2. The van der Waals surface area contributed by atoms with Crippen LogP contribution < -0.4 is 10.7 Å². The molecule has 0 aromatic carbocycles. The van der Waals surface area contributed by atoms with Crippen LogP contribution in [0.25, 0.3) is 6.08 Å². The molecule has 1 saturated heterocycles. The molecule has 1 aliphatic heterocycles. The van der Waals surface area contributed by atoms with Crippen LogP contribution in [-0.2, 0) is 4.79 Å². The Morgan fingerprint density at radius 2 is 2.00 bits per heavy atom. The molecule has 2 aliphatic rings. The van der Waals surface area contributed by atoms with Gasteiger partial charge in [0.15, 0.2) is 0 Å². The van der Waals surface area contributed by atoms with Crippen molar-refractivity contribution in [3.8, 4) is 0 Å². The summed E-state index contributed by atoms with van der Waals surface area (Å²) >= 11 is 0. The van der Waals surface area contributed by atoms with Crippen LogP contribution in [0, 0.1) is 11.8 Å². The molecule has 9 heteroatoms. The number of amides is 2. The van der Waals surface area contributed by atoms with Crippen LogP contribution in [0.5, 0.6) is 0 Å². The first-order chi connectivity index (χ1) is 13.1. The van der Waals surface area contributed by atoms with E-state index < -0.39 is 5.43 Å². The SMILES string of the molecule is O=C(NC1CC2CN(C(=O)/C=C/c3cnc[nH]3)CC2C1)c1c[nH]ncc1=O. The molecular weight excluding hydrogens is 348 g/mol. The van der Waals surface area contributed by atoms with Crippen LogP contribution >= 0.6 is 0 Å². The minimum Gasteiger partial charge on any atom is -0.349 e. The molecule has 1 saturated carbocycles. The highest BCUT2D eigenvalue weighted by atomic mass is 16.2. The molecule has 9 nitrogen and oxygen atoms in total. The van der Waals surface area contributed by atoms with Gasteiger partial charge in [0, 0.05) is 31.4 Å². The van der Waals surface area contributed by atoms with Crippen molar-refractivity contribution in [1.82, 2.24) is 30.4 Å². The van der Waals surface area contributed by atoms with Gasteiger partial charge in [0.05, 0.1) is 24.4 Å². The largest absolute Gasteiger partial charge is 0.349 e. The number of carbonyl (C=O) groups is 2. The van der Waals surface area contributed by atoms with Crippen molar-refractivity contribution in [2.45, 2.75) is 18.9 Å². The number of hydrogen-bond donors (Lipinski definition) is 3. The van der Waals surface area contributed by atoms with E-state index in [0.717, 1.165) is 24.7 Å².